The van der Waals surface area contributed by atoms with Crippen LogP contribution in [0.4, 0.5) is 5.82 Å². The van der Waals surface area contributed by atoms with Gasteiger partial charge in [-0.15, -0.1) is 0 Å². The third-order valence-electron chi connectivity index (χ3n) is 1.60. The van der Waals surface area contributed by atoms with E-state index in [0.717, 1.165) is 12.2 Å². The highest BCUT2D eigenvalue weighted by Gasteiger charge is 1.98. The van der Waals surface area contributed by atoms with Gasteiger partial charge in [-0.05, 0) is 38.9 Å². The summed E-state index contributed by atoms with van der Waals surface area (Å²) < 4.78 is 0. The predicted molar refractivity (Wildman–Crippen MR) is 52.3 cm³/mol. The third kappa shape index (κ3) is 2.58. The molecule has 0 aliphatic rings. The fourth-order valence-corrected chi connectivity index (χ4v) is 1.14. The molecular weight excluding hydrogens is 150 g/mol. The van der Waals surface area contributed by atoms with Crippen LogP contribution in [-0.2, 0) is 6.42 Å². The second-order valence-electron chi connectivity index (χ2n) is 3.23. The van der Waals surface area contributed by atoms with Crippen LogP contribution < -0.4 is 11.1 Å². The van der Waals surface area contributed by atoms with Crippen molar-refractivity contribution in [2.45, 2.75) is 26.3 Å². The minimum Gasteiger partial charge on any atom is -0.369 e. The molecule has 68 valence electrons. The molecule has 0 amide bonds. The average Bonchev–Trinajstić information content (AvgIpc) is 2.36. The van der Waals surface area contributed by atoms with Crippen molar-refractivity contribution in [2.24, 2.45) is 5.73 Å². The first-order valence-corrected chi connectivity index (χ1v) is 4.37. The zero-order valence-corrected chi connectivity index (χ0v) is 7.72. The Morgan fingerprint density at radius 1 is 1.50 bits per heavy atom. The Kier molecular flexibility index (Phi) is 3.17. The van der Waals surface area contributed by atoms with E-state index >= 15 is 0 Å². The van der Waals surface area contributed by atoms with E-state index in [-0.39, 0.29) is 0 Å². The Hall–Kier alpha value is -0.960. The summed E-state index contributed by atoms with van der Waals surface area (Å²) in [5, 5.41) is 3.29. The zero-order chi connectivity index (χ0) is 8.97. The van der Waals surface area contributed by atoms with Crippen LogP contribution in [0, 0.1) is 0 Å². The van der Waals surface area contributed by atoms with E-state index in [9.17, 15) is 0 Å². The number of aromatic amines is 1. The maximum atomic E-state index is 5.43. The normalized spacial score (nSPS) is 10.7. The number of hydrogen-bond donors (Lipinski definition) is 3. The van der Waals surface area contributed by atoms with Crippen molar-refractivity contribution < 1.29 is 0 Å². The molecule has 0 bridgehead atoms. The molecule has 1 aromatic rings. The lowest BCUT2D eigenvalue weighted by molar-refractivity contribution is 0.883. The standard InChI is InChI=1S/C9H17N3/c1-7(2)11-9-4-3-8(12-9)5-6-10/h3-4,7,11-12H,5-6,10H2,1-2H3. The highest BCUT2D eigenvalue weighted by molar-refractivity contribution is 5.38. The Balaban J connectivity index is 2.52. The van der Waals surface area contributed by atoms with Crippen molar-refractivity contribution in [3.8, 4) is 0 Å². The topological polar surface area (TPSA) is 53.8 Å². The first kappa shape index (κ1) is 9.13. The van der Waals surface area contributed by atoms with Crippen LogP contribution in [0.5, 0.6) is 0 Å². The van der Waals surface area contributed by atoms with Crippen molar-refractivity contribution in [3.63, 3.8) is 0 Å². The van der Waals surface area contributed by atoms with Gasteiger partial charge in [-0.3, -0.25) is 0 Å². The molecule has 0 saturated heterocycles. The maximum absolute atomic E-state index is 5.43. The molecule has 0 saturated carbocycles. The molecule has 1 heterocycles. The lowest BCUT2D eigenvalue weighted by Crippen LogP contribution is -2.10. The molecule has 3 nitrogen and oxygen atoms in total. The molecule has 0 aromatic carbocycles. The second kappa shape index (κ2) is 4.16. The quantitative estimate of drug-likeness (QED) is 0.633. The summed E-state index contributed by atoms with van der Waals surface area (Å²) in [5.41, 5.74) is 6.63. The van der Waals surface area contributed by atoms with Gasteiger partial charge in [0.1, 0.15) is 5.82 Å². The smallest absolute Gasteiger partial charge is 0.103 e. The van der Waals surface area contributed by atoms with Gasteiger partial charge in [0.05, 0.1) is 0 Å². The van der Waals surface area contributed by atoms with Crippen molar-refractivity contribution >= 4 is 5.82 Å². The van der Waals surface area contributed by atoms with E-state index in [1.807, 2.05) is 6.07 Å². The molecule has 0 radical (unpaired) electrons. The van der Waals surface area contributed by atoms with Gasteiger partial charge in [0, 0.05) is 11.7 Å². The number of nitrogens with one attached hydrogen (secondary N) is 2. The molecule has 0 spiro atoms. The summed E-state index contributed by atoms with van der Waals surface area (Å²) in [6.45, 7) is 4.93. The highest BCUT2D eigenvalue weighted by atomic mass is 15.0. The summed E-state index contributed by atoms with van der Waals surface area (Å²) >= 11 is 0. The largest absolute Gasteiger partial charge is 0.369 e. The van der Waals surface area contributed by atoms with Gasteiger partial charge in [0.15, 0.2) is 0 Å². The van der Waals surface area contributed by atoms with E-state index in [2.05, 4.69) is 30.2 Å². The van der Waals surface area contributed by atoms with Crippen LogP contribution in [0.25, 0.3) is 0 Å². The molecule has 1 aromatic heterocycles. The molecule has 1 rings (SSSR count). The number of hydrogen-bond acceptors (Lipinski definition) is 2. The summed E-state index contributed by atoms with van der Waals surface area (Å²) in [6, 6.07) is 4.58. The van der Waals surface area contributed by atoms with Crippen molar-refractivity contribution in [2.75, 3.05) is 11.9 Å². The monoisotopic (exact) mass is 167 g/mol. The Labute approximate surface area is 73.4 Å². The number of rotatable bonds is 4. The Bertz CT molecular complexity index is 227. The lowest BCUT2D eigenvalue weighted by atomic mass is 10.3. The van der Waals surface area contributed by atoms with Gasteiger partial charge >= 0.3 is 0 Å². The average molecular weight is 167 g/mol. The molecule has 0 aliphatic carbocycles. The van der Waals surface area contributed by atoms with Crippen molar-refractivity contribution in [3.05, 3.63) is 17.8 Å². The van der Waals surface area contributed by atoms with Gasteiger partial charge in [-0.1, -0.05) is 0 Å². The molecular formula is C9H17N3. The van der Waals surface area contributed by atoms with Crippen LogP contribution in [0.15, 0.2) is 12.1 Å². The maximum Gasteiger partial charge on any atom is 0.103 e. The van der Waals surface area contributed by atoms with Crippen LogP contribution >= 0.6 is 0 Å². The Morgan fingerprint density at radius 2 is 2.25 bits per heavy atom. The van der Waals surface area contributed by atoms with Crippen LogP contribution in [0.1, 0.15) is 19.5 Å². The van der Waals surface area contributed by atoms with Crippen LogP contribution in [0.3, 0.4) is 0 Å². The summed E-state index contributed by atoms with van der Waals surface area (Å²) in [5.74, 6) is 1.08. The van der Waals surface area contributed by atoms with Gasteiger partial charge < -0.3 is 16.0 Å². The third-order valence-corrected chi connectivity index (χ3v) is 1.60. The first-order chi connectivity index (χ1) is 5.72. The molecule has 12 heavy (non-hydrogen) atoms. The van der Waals surface area contributed by atoms with E-state index in [1.165, 1.54) is 5.69 Å². The second-order valence-corrected chi connectivity index (χ2v) is 3.23. The molecule has 0 atom stereocenters. The minimum atomic E-state index is 0.467. The summed E-state index contributed by atoms with van der Waals surface area (Å²) in [7, 11) is 0. The number of H-pyrrole nitrogens is 1. The van der Waals surface area contributed by atoms with Crippen molar-refractivity contribution in [1.29, 1.82) is 0 Å². The van der Waals surface area contributed by atoms with Gasteiger partial charge in [-0.2, -0.15) is 0 Å². The fourth-order valence-electron chi connectivity index (χ4n) is 1.14. The van der Waals surface area contributed by atoms with E-state index in [4.69, 9.17) is 5.73 Å². The number of anilines is 1. The molecule has 0 fully saturated rings. The van der Waals surface area contributed by atoms with E-state index in [1.54, 1.807) is 0 Å². The van der Waals surface area contributed by atoms with Gasteiger partial charge in [0.2, 0.25) is 0 Å². The van der Waals surface area contributed by atoms with Gasteiger partial charge in [-0.25, -0.2) is 0 Å². The number of aromatic nitrogens is 1. The minimum absolute atomic E-state index is 0.467. The van der Waals surface area contributed by atoms with Crippen molar-refractivity contribution in [1.82, 2.24) is 4.98 Å². The van der Waals surface area contributed by atoms with Crippen LogP contribution in [-0.4, -0.2) is 17.6 Å². The molecule has 3 heteroatoms. The predicted octanol–water partition coefficient (Wildman–Crippen LogP) is 1.34. The van der Waals surface area contributed by atoms with Crippen LogP contribution in [0.2, 0.25) is 0 Å². The Morgan fingerprint density at radius 3 is 2.83 bits per heavy atom. The van der Waals surface area contributed by atoms with E-state index < -0.39 is 0 Å². The SMILES string of the molecule is CC(C)Nc1ccc(CCN)[nH]1. The molecule has 4 N–H and O–H groups in total. The van der Waals surface area contributed by atoms with E-state index in [0.29, 0.717) is 12.6 Å². The first-order valence-electron chi connectivity index (χ1n) is 4.37. The summed E-state index contributed by atoms with van der Waals surface area (Å²) in [4.78, 5) is 3.25. The molecule has 0 unspecified atom stereocenters. The molecule has 0 aliphatic heterocycles. The number of nitrogens with two attached hydrogens (primary N) is 1. The zero-order valence-electron chi connectivity index (χ0n) is 7.72. The highest BCUT2D eigenvalue weighted by Crippen LogP contribution is 2.08. The lowest BCUT2D eigenvalue weighted by Gasteiger charge is -2.06. The van der Waals surface area contributed by atoms with Gasteiger partial charge in [0.25, 0.3) is 0 Å². The fraction of sp³-hybridized carbons (Fsp3) is 0.556. The summed E-state index contributed by atoms with van der Waals surface area (Å²) in [6.07, 6.45) is 0.916.